The lowest BCUT2D eigenvalue weighted by Crippen LogP contribution is -2.24. The van der Waals surface area contributed by atoms with Gasteiger partial charge in [0.25, 0.3) is 0 Å². The smallest absolute Gasteiger partial charge is 0.126 e. The molecular formula is C16H22FN3. The Kier molecular flexibility index (Phi) is 4.55. The van der Waals surface area contributed by atoms with Crippen LogP contribution >= 0.6 is 0 Å². The van der Waals surface area contributed by atoms with E-state index in [1.807, 2.05) is 24.7 Å². The minimum atomic E-state index is -0.170. The molecule has 2 N–H and O–H groups in total. The average molecular weight is 275 g/mol. The van der Waals surface area contributed by atoms with Crippen LogP contribution in [0.5, 0.6) is 0 Å². The van der Waals surface area contributed by atoms with Crippen molar-refractivity contribution in [1.29, 1.82) is 0 Å². The Morgan fingerprint density at radius 1 is 1.30 bits per heavy atom. The number of hydrogen-bond donors (Lipinski definition) is 1. The van der Waals surface area contributed by atoms with E-state index in [0.29, 0.717) is 12.0 Å². The van der Waals surface area contributed by atoms with Crippen molar-refractivity contribution in [3.05, 3.63) is 52.6 Å². The van der Waals surface area contributed by atoms with E-state index in [2.05, 4.69) is 12.0 Å². The zero-order valence-corrected chi connectivity index (χ0v) is 12.4. The summed E-state index contributed by atoms with van der Waals surface area (Å²) in [6.07, 6.45) is 2.30. The van der Waals surface area contributed by atoms with Crippen LogP contribution in [0.2, 0.25) is 0 Å². The third-order valence-corrected chi connectivity index (χ3v) is 3.86. The molecule has 0 amide bonds. The zero-order chi connectivity index (χ0) is 14.7. The molecule has 0 aliphatic heterocycles. The average Bonchev–Trinajstić information content (AvgIpc) is 2.64. The largest absolute Gasteiger partial charge is 0.327 e. The van der Waals surface area contributed by atoms with Gasteiger partial charge in [-0.15, -0.1) is 0 Å². The number of hydrogen-bond acceptors (Lipinski definition) is 2. The first-order valence-corrected chi connectivity index (χ1v) is 6.97. The molecule has 1 atom stereocenters. The minimum Gasteiger partial charge on any atom is -0.327 e. The number of aromatic nitrogens is 2. The van der Waals surface area contributed by atoms with Crippen molar-refractivity contribution in [1.82, 2.24) is 9.78 Å². The van der Waals surface area contributed by atoms with Gasteiger partial charge in [-0.25, -0.2) is 4.39 Å². The maximum Gasteiger partial charge on any atom is 0.126 e. The first-order valence-electron chi connectivity index (χ1n) is 6.97. The number of halogens is 1. The predicted octanol–water partition coefficient (Wildman–Crippen LogP) is 2.68. The summed E-state index contributed by atoms with van der Waals surface area (Å²) in [5.41, 5.74) is 10.3. The van der Waals surface area contributed by atoms with E-state index in [1.54, 1.807) is 12.1 Å². The monoisotopic (exact) mass is 275 g/mol. The van der Waals surface area contributed by atoms with Crippen LogP contribution in [0.4, 0.5) is 4.39 Å². The van der Waals surface area contributed by atoms with Gasteiger partial charge in [0.15, 0.2) is 0 Å². The van der Waals surface area contributed by atoms with E-state index in [4.69, 9.17) is 5.73 Å². The summed E-state index contributed by atoms with van der Waals surface area (Å²) >= 11 is 0. The summed E-state index contributed by atoms with van der Waals surface area (Å²) in [7, 11) is 1.95. The Hall–Kier alpha value is -1.68. The molecule has 1 aromatic heterocycles. The van der Waals surface area contributed by atoms with Gasteiger partial charge >= 0.3 is 0 Å². The Morgan fingerprint density at radius 2 is 2.00 bits per heavy atom. The van der Waals surface area contributed by atoms with Gasteiger partial charge in [-0.2, -0.15) is 5.10 Å². The van der Waals surface area contributed by atoms with Gasteiger partial charge in [-0.3, -0.25) is 4.68 Å². The number of nitrogens with two attached hydrogens (primary N) is 1. The van der Waals surface area contributed by atoms with Crippen molar-refractivity contribution in [2.75, 3.05) is 0 Å². The number of benzene rings is 1. The molecule has 1 unspecified atom stereocenters. The predicted molar refractivity (Wildman–Crippen MR) is 79.1 cm³/mol. The van der Waals surface area contributed by atoms with E-state index in [-0.39, 0.29) is 11.9 Å². The summed E-state index contributed by atoms with van der Waals surface area (Å²) in [6.45, 7) is 4.09. The lowest BCUT2D eigenvalue weighted by Gasteiger charge is -2.12. The Balaban J connectivity index is 1.96. The molecule has 0 aliphatic carbocycles. The van der Waals surface area contributed by atoms with Crippen molar-refractivity contribution >= 4 is 0 Å². The Bertz CT molecular complexity index is 589. The zero-order valence-electron chi connectivity index (χ0n) is 12.4. The van der Waals surface area contributed by atoms with Crippen LogP contribution in [0.25, 0.3) is 0 Å². The lowest BCUT2D eigenvalue weighted by molar-refractivity contribution is 0.565. The van der Waals surface area contributed by atoms with Crippen molar-refractivity contribution in [3.63, 3.8) is 0 Å². The second kappa shape index (κ2) is 6.18. The number of nitrogens with zero attached hydrogens (tertiary/aromatic N) is 2. The van der Waals surface area contributed by atoms with E-state index in [9.17, 15) is 4.39 Å². The molecule has 0 spiro atoms. The van der Waals surface area contributed by atoms with Gasteiger partial charge in [0.1, 0.15) is 5.82 Å². The fraction of sp³-hybridized carbons (Fsp3) is 0.438. The van der Waals surface area contributed by atoms with Crippen molar-refractivity contribution in [3.8, 4) is 0 Å². The fourth-order valence-corrected chi connectivity index (χ4v) is 2.56. The molecule has 2 rings (SSSR count). The van der Waals surface area contributed by atoms with E-state index in [0.717, 1.165) is 18.5 Å². The fourth-order valence-electron chi connectivity index (χ4n) is 2.56. The normalized spacial score (nSPS) is 12.7. The maximum atomic E-state index is 13.6. The molecule has 0 aliphatic rings. The summed E-state index contributed by atoms with van der Waals surface area (Å²) in [4.78, 5) is 0. The molecule has 1 heterocycles. The van der Waals surface area contributed by atoms with Crippen LogP contribution in [0.15, 0.2) is 24.3 Å². The molecule has 0 saturated carbocycles. The molecule has 20 heavy (non-hydrogen) atoms. The standard InChI is InChI=1S/C16H22FN3/c1-11-15(12(2)20(3)19-11)9-8-14(18)10-13-6-4-5-7-16(13)17/h4-7,14H,8-10,18H2,1-3H3. The van der Waals surface area contributed by atoms with Crippen LogP contribution in [0, 0.1) is 19.7 Å². The highest BCUT2D eigenvalue weighted by atomic mass is 19.1. The third-order valence-electron chi connectivity index (χ3n) is 3.86. The van der Waals surface area contributed by atoms with Gasteiger partial charge in [0, 0.05) is 18.8 Å². The van der Waals surface area contributed by atoms with Crippen LogP contribution in [-0.2, 0) is 19.9 Å². The van der Waals surface area contributed by atoms with Crippen molar-refractivity contribution in [2.24, 2.45) is 12.8 Å². The molecule has 108 valence electrons. The number of rotatable bonds is 5. The Morgan fingerprint density at radius 3 is 2.60 bits per heavy atom. The molecule has 0 radical (unpaired) electrons. The second-order valence-electron chi connectivity index (χ2n) is 5.37. The highest BCUT2D eigenvalue weighted by Crippen LogP contribution is 2.16. The first kappa shape index (κ1) is 14.7. The van der Waals surface area contributed by atoms with E-state index in [1.165, 1.54) is 17.3 Å². The van der Waals surface area contributed by atoms with Crippen molar-refractivity contribution in [2.45, 2.75) is 39.2 Å². The molecule has 0 saturated heterocycles. The number of aryl methyl sites for hydroxylation is 2. The molecule has 2 aromatic rings. The molecule has 1 aromatic carbocycles. The third kappa shape index (κ3) is 3.25. The van der Waals surface area contributed by atoms with Crippen LogP contribution < -0.4 is 5.73 Å². The topological polar surface area (TPSA) is 43.8 Å². The highest BCUT2D eigenvalue weighted by molar-refractivity contribution is 5.25. The summed E-state index contributed by atoms with van der Waals surface area (Å²) < 4.78 is 15.5. The van der Waals surface area contributed by atoms with Gasteiger partial charge < -0.3 is 5.73 Å². The second-order valence-corrected chi connectivity index (χ2v) is 5.37. The molecule has 0 fully saturated rings. The van der Waals surface area contributed by atoms with Crippen LogP contribution in [0.1, 0.15) is 28.9 Å². The molecule has 0 bridgehead atoms. The summed E-state index contributed by atoms with van der Waals surface area (Å²) in [5.74, 6) is -0.170. The molecule has 3 nitrogen and oxygen atoms in total. The molecule has 4 heteroatoms. The van der Waals surface area contributed by atoms with Gasteiger partial charge in [-0.05, 0) is 50.3 Å². The first-order chi connectivity index (χ1) is 9.49. The quantitative estimate of drug-likeness (QED) is 0.911. The molecular weight excluding hydrogens is 253 g/mol. The summed E-state index contributed by atoms with van der Waals surface area (Å²) in [5, 5.41) is 4.40. The van der Waals surface area contributed by atoms with Crippen molar-refractivity contribution < 1.29 is 4.39 Å². The van der Waals surface area contributed by atoms with E-state index >= 15 is 0 Å². The summed E-state index contributed by atoms with van der Waals surface area (Å²) in [6, 6.07) is 6.80. The Labute approximate surface area is 119 Å². The van der Waals surface area contributed by atoms with Crippen LogP contribution in [-0.4, -0.2) is 15.8 Å². The van der Waals surface area contributed by atoms with Gasteiger partial charge in [0.2, 0.25) is 0 Å². The van der Waals surface area contributed by atoms with E-state index < -0.39 is 0 Å². The lowest BCUT2D eigenvalue weighted by atomic mass is 9.99. The highest BCUT2D eigenvalue weighted by Gasteiger charge is 2.12. The van der Waals surface area contributed by atoms with Crippen LogP contribution in [0.3, 0.4) is 0 Å². The van der Waals surface area contributed by atoms with Gasteiger partial charge in [0.05, 0.1) is 5.69 Å². The van der Waals surface area contributed by atoms with Gasteiger partial charge in [-0.1, -0.05) is 18.2 Å². The SMILES string of the molecule is Cc1nn(C)c(C)c1CCC(N)Cc1ccccc1F. The minimum absolute atomic E-state index is 0.0362. The maximum absolute atomic E-state index is 13.6.